The molecule has 6 heteroatoms. The number of aryl methyl sites for hydroxylation is 3. The molecule has 20 heavy (non-hydrogen) atoms. The molecule has 0 bridgehead atoms. The van der Waals surface area contributed by atoms with E-state index in [1.165, 1.54) is 6.07 Å². The zero-order chi connectivity index (χ0) is 14.1. The minimum atomic E-state index is -0.211. The molecule has 104 valence electrons. The van der Waals surface area contributed by atoms with Gasteiger partial charge in [-0.25, -0.2) is 4.39 Å². The molecule has 3 aromatic rings. The molecule has 4 nitrogen and oxygen atoms in total. The predicted octanol–water partition coefficient (Wildman–Crippen LogP) is 3.43. The van der Waals surface area contributed by atoms with Crippen molar-refractivity contribution in [1.82, 2.24) is 19.3 Å². The second kappa shape index (κ2) is 5.20. The molecule has 2 heterocycles. The van der Waals surface area contributed by atoms with Crippen molar-refractivity contribution in [3.05, 3.63) is 46.7 Å². The number of imidazole rings is 1. The normalized spacial score (nSPS) is 11.3. The van der Waals surface area contributed by atoms with Crippen LogP contribution in [0.15, 0.2) is 30.6 Å². The number of aromatic nitrogens is 4. The van der Waals surface area contributed by atoms with Gasteiger partial charge in [-0.2, -0.15) is 5.10 Å². The zero-order valence-corrected chi connectivity index (χ0v) is 12.0. The predicted molar refractivity (Wildman–Crippen MR) is 78.7 cm³/mol. The summed E-state index contributed by atoms with van der Waals surface area (Å²) < 4.78 is 18.1. The number of rotatable bonds is 4. The molecule has 0 amide bonds. The van der Waals surface area contributed by atoms with Gasteiger partial charge in [0.15, 0.2) is 4.77 Å². The van der Waals surface area contributed by atoms with Crippen LogP contribution in [-0.4, -0.2) is 19.3 Å². The lowest BCUT2D eigenvalue weighted by atomic mass is 10.2. The first-order chi connectivity index (χ1) is 9.65. The average molecular weight is 290 g/mol. The molecule has 2 aromatic heterocycles. The fourth-order valence-electron chi connectivity index (χ4n) is 2.33. The van der Waals surface area contributed by atoms with Gasteiger partial charge in [-0.3, -0.25) is 4.68 Å². The van der Waals surface area contributed by atoms with Gasteiger partial charge in [-0.1, -0.05) is 0 Å². The van der Waals surface area contributed by atoms with Gasteiger partial charge in [0.25, 0.3) is 0 Å². The summed E-state index contributed by atoms with van der Waals surface area (Å²) >= 11 is 5.32. The van der Waals surface area contributed by atoms with Crippen molar-refractivity contribution < 1.29 is 4.39 Å². The number of nitrogens with one attached hydrogen (secondary N) is 1. The van der Waals surface area contributed by atoms with Crippen LogP contribution in [0, 0.1) is 17.5 Å². The van der Waals surface area contributed by atoms with E-state index in [0.717, 1.165) is 30.5 Å². The van der Waals surface area contributed by atoms with E-state index in [2.05, 4.69) is 10.1 Å². The smallest absolute Gasteiger partial charge is 0.178 e. The lowest BCUT2D eigenvalue weighted by molar-refractivity contribution is 0.530. The molecular weight excluding hydrogens is 275 g/mol. The van der Waals surface area contributed by atoms with Gasteiger partial charge in [0.1, 0.15) is 5.82 Å². The summed E-state index contributed by atoms with van der Waals surface area (Å²) in [6.07, 6.45) is 4.62. The second-order valence-corrected chi connectivity index (χ2v) is 5.21. The fraction of sp³-hybridized carbons (Fsp3) is 0.286. The molecule has 3 rings (SSSR count). The number of nitrogens with zero attached hydrogens (tertiary/aromatic N) is 3. The summed E-state index contributed by atoms with van der Waals surface area (Å²) in [5.74, 6) is -0.211. The van der Waals surface area contributed by atoms with Crippen molar-refractivity contribution in [2.75, 3.05) is 0 Å². The molecule has 1 aromatic carbocycles. The summed E-state index contributed by atoms with van der Waals surface area (Å²) in [6, 6.07) is 5.25. The quantitative estimate of drug-likeness (QED) is 0.748. The van der Waals surface area contributed by atoms with Crippen LogP contribution >= 0.6 is 12.2 Å². The van der Waals surface area contributed by atoms with E-state index >= 15 is 0 Å². The molecule has 0 unspecified atom stereocenters. The number of hydrogen-bond donors (Lipinski definition) is 1. The minimum Gasteiger partial charge on any atom is -0.330 e. The molecule has 0 atom stereocenters. The highest BCUT2D eigenvalue weighted by molar-refractivity contribution is 7.71. The lowest BCUT2D eigenvalue weighted by Gasteiger charge is -2.06. The average Bonchev–Trinajstić information content (AvgIpc) is 3.01. The molecule has 0 aliphatic heterocycles. The molecule has 0 saturated heterocycles. The van der Waals surface area contributed by atoms with Gasteiger partial charge in [-0.15, -0.1) is 0 Å². The summed E-state index contributed by atoms with van der Waals surface area (Å²) in [7, 11) is 0. The van der Waals surface area contributed by atoms with Gasteiger partial charge in [0, 0.05) is 25.5 Å². The molecule has 0 aliphatic carbocycles. The van der Waals surface area contributed by atoms with Crippen molar-refractivity contribution in [1.29, 1.82) is 0 Å². The number of aromatic amines is 1. The Balaban J connectivity index is 1.85. The monoisotopic (exact) mass is 290 g/mol. The number of hydrogen-bond acceptors (Lipinski definition) is 2. The molecule has 1 N–H and O–H groups in total. The van der Waals surface area contributed by atoms with Crippen molar-refractivity contribution >= 4 is 23.3 Å². The number of fused-ring (bicyclic) bond motifs is 1. The van der Waals surface area contributed by atoms with Crippen LogP contribution in [0.4, 0.5) is 4.39 Å². The van der Waals surface area contributed by atoms with E-state index in [-0.39, 0.29) is 5.82 Å². The van der Waals surface area contributed by atoms with E-state index in [1.807, 2.05) is 27.6 Å². The Morgan fingerprint density at radius 2 is 2.20 bits per heavy atom. The molecule has 0 aliphatic rings. The van der Waals surface area contributed by atoms with Gasteiger partial charge in [0.2, 0.25) is 0 Å². The largest absolute Gasteiger partial charge is 0.330 e. The van der Waals surface area contributed by atoms with Crippen LogP contribution in [0.1, 0.15) is 12.0 Å². The summed E-state index contributed by atoms with van der Waals surface area (Å²) in [5.41, 5.74) is 2.33. The Bertz CT molecular complexity index is 785. The van der Waals surface area contributed by atoms with Crippen molar-refractivity contribution in [2.24, 2.45) is 0 Å². The van der Waals surface area contributed by atoms with E-state index in [0.29, 0.717) is 10.3 Å². The van der Waals surface area contributed by atoms with Gasteiger partial charge in [0.05, 0.1) is 11.0 Å². The molecule has 0 radical (unpaired) electrons. The number of benzene rings is 1. The summed E-state index contributed by atoms with van der Waals surface area (Å²) in [5, 5.41) is 4.17. The SMILES string of the molecule is Cc1cc2c(cc1F)[nH]c(=S)n2CCCn1cccn1. The van der Waals surface area contributed by atoms with Crippen LogP contribution in [0.25, 0.3) is 11.0 Å². The van der Waals surface area contributed by atoms with E-state index in [4.69, 9.17) is 12.2 Å². The first kappa shape index (κ1) is 13.1. The first-order valence-electron chi connectivity index (χ1n) is 6.51. The Kier molecular flexibility index (Phi) is 3.40. The highest BCUT2D eigenvalue weighted by Gasteiger charge is 2.07. The van der Waals surface area contributed by atoms with Crippen molar-refractivity contribution in [3.8, 4) is 0 Å². The van der Waals surface area contributed by atoms with Crippen LogP contribution < -0.4 is 0 Å². The van der Waals surface area contributed by atoms with Crippen LogP contribution in [-0.2, 0) is 13.1 Å². The molecule has 0 spiro atoms. The van der Waals surface area contributed by atoms with Crippen LogP contribution in [0.2, 0.25) is 0 Å². The number of halogens is 1. The van der Waals surface area contributed by atoms with Gasteiger partial charge < -0.3 is 9.55 Å². The molecular formula is C14H15FN4S. The van der Waals surface area contributed by atoms with Crippen molar-refractivity contribution in [3.63, 3.8) is 0 Å². The van der Waals surface area contributed by atoms with E-state index in [9.17, 15) is 4.39 Å². The van der Waals surface area contributed by atoms with E-state index in [1.54, 1.807) is 13.1 Å². The third kappa shape index (κ3) is 2.38. The summed E-state index contributed by atoms with van der Waals surface area (Å²) in [4.78, 5) is 3.05. The topological polar surface area (TPSA) is 38.5 Å². The summed E-state index contributed by atoms with van der Waals surface area (Å²) in [6.45, 7) is 3.38. The minimum absolute atomic E-state index is 0.211. The number of H-pyrrole nitrogens is 1. The Morgan fingerprint density at radius 3 is 2.95 bits per heavy atom. The maximum Gasteiger partial charge on any atom is 0.178 e. The molecule has 0 saturated carbocycles. The van der Waals surface area contributed by atoms with Crippen molar-refractivity contribution in [2.45, 2.75) is 26.4 Å². The first-order valence-corrected chi connectivity index (χ1v) is 6.92. The highest BCUT2D eigenvalue weighted by atomic mass is 32.1. The Hall–Kier alpha value is -1.95. The zero-order valence-electron chi connectivity index (χ0n) is 11.1. The van der Waals surface area contributed by atoms with E-state index < -0.39 is 0 Å². The van der Waals surface area contributed by atoms with Gasteiger partial charge >= 0.3 is 0 Å². The molecule has 0 fully saturated rings. The Labute approximate surface area is 120 Å². The second-order valence-electron chi connectivity index (χ2n) is 4.82. The Morgan fingerprint density at radius 1 is 1.35 bits per heavy atom. The maximum absolute atomic E-state index is 13.6. The fourth-order valence-corrected chi connectivity index (χ4v) is 2.63. The third-order valence-corrected chi connectivity index (χ3v) is 3.71. The van der Waals surface area contributed by atoms with Gasteiger partial charge in [-0.05, 0) is 49.3 Å². The van der Waals surface area contributed by atoms with Crippen LogP contribution in [0.3, 0.4) is 0 Å². The maximum atomic E-state index is 13.6. The third-order valence-electron chi connectivity index (χ3n) is 3.38. The standard InChI is InChI=1S/C14H15FN4S/c1-10-8-13-12(9-11(10)15)17-14(20)19(13)7-3-6-18-5-2-4-16-18/h2,4-5,8-9H,3,6-7H2,1H3,(H,17,20). The highest BCUT2D eigenvalue weighted by Crippen LogP contribution is 2.19. The van der Waals surface area contributed by atoms with Crippen LogP contribution in [0.5, 0.6) is 0 Å². The lowest BCUT2D eigenvalue weighted by Crippen LogP contribution is -2.04.